The molecule has 0 spiro atoms. The van der Waals surface area contributed by atoms with E-state index in [4.69, 9.17) is 15.4 Å². The Morgan fingerprint density at radius 1 is 1.07 bits per heavy atom. The largest absolute Gasteiger partial charge is 0.493 e. The van der Waals surface area contributed by atoms with Crippen LogP contribution in [0.5, 0.6) is 5.75 Å². The lowest BCUT2D eigenvalue weighted by atomic mass is 10.0. The van der Waals surface area contributed by atoms with Gasteiger partial charge in [0.25, 0.3) is 9.05 Å². The molecule has 0 aliphatic carbocycles. The minimum atomic E-state index is -3.89. The fourth-order valence-electron chi connectivity index (χ4n) is 2.78. The molecule has 27 heavy (non-hydrogen) atoms. The van der Waals surface area contributed by atoms with Crippen molar-refractivity contribution in [1.29, 1.82) is 0 Å². The van der Waals surface area contributed by atoms with Crippen molar-refractivity contribution >= 4 is 32.1 Å². The number of nitrogens with zero attached hydrogens (tertiary/aromatic N) is 1. The lowest BCUT2D eigenvalue weighted by Gasteiger charge is -2.18. The Morgan fingerprint density at radius 3 is 2.30 bits per heavy atom. The zero-order valence-corrected chi connectivity index (χ0v) is 18.3. The molecule has 0 saturated carbocycles. The summed E-state index contributed by atoms with van der Waals surface area (Å²) in [5.41, 5.74) is 2.48. The number of hydrogen-bond acceptors (Lipinski definition) is 4. The molecular weight excluding hydrogens is 405 g/mol. The van der Waals surface area contributed by atoms with Crippen molar-refractivity contribution in [2.24, 2.45) is 0 Å². The Balaban J connectivity index is 0.00000364. The first-order valence-electron chi connectivity index (χ1n) is 8.73. The number of rotatable bonds is 9. The zero-order valence-electron chi connectivity index (χ0n) is 15.9. The standard InChI is InChI=1S/C20H26ClNO3S.ClH/c1-4-5-11-25-19-13-17(15-22(2)3)14-20(26(21,23)24)18(19)12-16-9-7-6-8-10-16;/h6-10,13-14H,4-5,11-12,15H2,1-3H3;1H. The number of hydrogen-bond donors (Lipinski definition) is 0. The van der Waals surface area contributed by atoms with Crippen LogP contribution in [-0.2, 0) is 22.0 Å². The van der Waals surface area contributed by atoms with E-state index in [1.807, 2.05) is 55.4 Å². The van der Waals surface area contributed by atoms with Crippen LogP contribution in [0, 0.1) is 0 Å². The van der Waals surface area contributed by atoms with Crippen LogP contribution in [0.1, 0.15) is 36.5 Å². The van der Waals surface area contributed by atoms with Gasteiger partial charge >= 0.3 is 0 Å². The zero-order chi connectivity index (χ0) is 19.2. The van der Waals surface area contributed by atoms with E-state index in [1.54, 1.807) is 6.07 Å². The first kappa shape index (κ1) is 23.8. The third-order valence-corrected chi connectivity index (χ3v) is 5.36. The predicted molar refractivity (Wildman–Crippen MR) is 114 cm³/mol. The molecule has 2 aromatic carbocycles. The second-order valence-corrected chi connectivity index (χ2v) is 9.15. The summed E-state index contributed by atoms with van der Waals surface area (Å²) in [6, 6.07) is 13.3. The lowest BCUT2D eigenvalue weighted by Crippen LogP contribution is -2.13. The second-order valence-electron chi connectivity index (χ2n) is 6.61. The summed E-state index contributed by atoms with van der Waals surface area (Å²) in [7, 11) is 5.75. The predicted octanol–water partition coefficient (Wildman–Crippen LogP) is 4.87. The monoisotopic (exact) mass is 431 g/mol. The van der Waals surface area contributed by atoms with Crippen molar-refractivity contribution in [2.75, 3.05) is 20.7 Å². The minimum Gasteiger partial charge on any atom is -0.493 e. The van der Waals surface area contributed by atoms with E-state index < -0.39 is 9.05 Å². The third kappa shape index (κ3) is 7.34. The van der Waals surface area contributed by atoms with Gasteiger partial charge in [0.2, 0.25) is 0 Å². The van der Waals surface area contributed by atoms with Crippen LogP contribution >= 0.6 is 23.1 Å². The highest BCUT2D eigenvalue weighted by Crippen LogP contribution is 2.33. The molecular formula is C20H27Cl2NO3S. The molecule has 4 nitrogen and oxygen atoms in total. The molecule has 0 amide bonds. The highest BCUT2D eigenvalue weighted by molar-refractivity contribution is 8.13. The number of ether oxygens (including phenoxy) is 1. The van der Waals surface area contributed by atoms with E-state index in [2.05, 4.69) is 6.92 Å². The molecule has 0 heterocycles. The van der Waals surface area contributed by atoms with E-state index in [-0.39, 0.29) is 17.3 Å². The van der Waals surface area contributed by atoms with E-state index in [0.29, 0.717) is 30.9 Å². The first-order valence-corrected chi connectivity index (χ1v) is 11.0. The number of benzene rings is 2. The maximum Gasteiger partial charge on any atom is 0.261 e. The summed E-state index contributed by atoms with van der Waals surface area (Å²) in [5, 5.41) is 0. The quantitative estimate of drug-likeness (QED) is 0.419. The summed E-state index contributed by atoms with van der Waals surface area (Å²) in [6.07, 6.45) is 2.36. The van der Waals surface area contributed by atoms with Crippen LogP contribution in [0.3, 0.4) is 0 Å². The highest BCUT2D eigenvalue weighted by atomic mass is 35.7. The van der Waals surface area contributed by atoms with Crippen molar-refractivity contribution in [2.45, 2.75) is 37.6 Å². The van der Waals surface area contributed by atoms with Gasteiger partial charge in [0.1, 0.15) is 5.75 Å². The van der Waals surface area contributed by atoms with Gasteiger partial charge in [-0.2, -0.15) is 0 Å². The highest BCUT2D eigenvalue weighted by Gasteiger charge is 2.22. The molecule has 0 aliphatic rings. The molecule has 7 heteroatoms. The molecule has 0 radical (unpaired) electrons. The van der Waals surface area contributed by atoms with Crippen LogP contribution in [0.2, 0.25) is 0 Å². The summed E-state index contributed by atoms with van der Waals surface area (Å²) in [5.74, 6) is 0.598. The van der Waals surface area contributed by atoms with Crippen molar-refractivity contribution in [3.63, 3.8) is 0 Å². The number of unbranched alkanes of at least 4 members (excludes halogenated alkanes) is 1. The fourth-order valence-corrected chi connectivity index (χ4v) is 3.95. The molecule has 0 aliphatic heterocycles. The Labute approximate surface area is 173 Å². The Morgan fingerprint density at radius 2 is 1.74 bits per heavy atom. The van der Waals surface area contributed by atoms with Crippen LogP contribution in [0.4, 0.5) is 0 Å². The van der Waals surface area contributed by atoms with Crippen LogP contribution in [0.25, 0.3) is 0 Å². The minimum absolute atomic E-state index is 0. The van der Waals surface area contributed by atoms with Gasteiger partial charge < -0.3 is 9.64 Å². The van der Waals surface area contributed by atoms with Gasteiger partial charge in [-0.1, -0.05) is 43.7 Å². The van der Waals surface area contributed by atoms with Crippen LogP contribution in [0.15, 0.2) is 47.4 Å². The van der Waals surface area contributed by atoms with Crippen LogP contribution in [-0.4, -0.2) is 34.0 Å². The molecule has 150 valence electrons. The van der Waals surface area contributed by atoms with Gasteiger partial charge in [-0.05, 0) is 43.8 Å². The molecule has 0 aromatic heterocycles. The van der Waals surface area contributed by atoms with Crippen LogP contribution < -0.4 is 4.74 Å². The molecule has 0 atom stereocenters. The maximum absolute atomic E-state index is 12.3. The van der Waals surface area contributed by atoms with E-state index >= 15 is 0 Å². The molecule has 0 unspecified atom stereocenters. The Hall–Kier alpha value is -1.27. The molecule has 0 bridgehead atoms. The van der Waals surface area contributed by atoms with E-state index in [9.17, 15) is 8.42 Å². The van der Waals surface area contributed by atoms with Crippen molar-refractivity contribution in [1.82, 2.24) is 4.90 Å². The van der Waals surface area contributed by atoms with Gasteiger partial charge in [-0.15, -0.1) is 12.4 Å². The van der Waals surface area contributed by atoms with E-state index in [1.165, 1.54) is 0 Å². The van der Waals surface area contributed by atoms with Gasteiger partial charge in [-0.25, -0.2) is 8.42 Å². The SMILES string of the molecule is CCCCOc1cc(CN(C)C)cc(S(=O)(=O)Cl)c1Cc1ccccc1.Cl. The maximum atomic E-state index is 12.3. The normalized spacial score (nSPS) is 11.3. The van der Waals surface area contributed by atoms with Gasteiger partial charge in [0, 0.05) is 29.2 Å². The third-order valence-electron chi connectivity index (χ3n) is 3.97. The average Bonchev–Trinajstić information content (AvgIpc) is 2.56. The first-order chi connectivity index (χ1) is 12.3. The summed E-state index contributed by atoms with van der Waals surface area (Å²) >= 11 is 0. The van der Waals surface area contributed by atoms with Crippen molar-refractivity contribution in [3.05, 3.63) is 59.2 Å². The summed E-state index contributed by atoms with van der Waals surface area (Å²) in [6.45, 7) is 3.24. The topological polar surface area (TPSA) is 46.6 Å². The smallest absolute Gasteiger partial charge is 0.261 e. The van der Waals surface area contributed by atoms with Gasteiger partial charge in [0.05, 0.1) is 11.5 Å². The summed E-state index contributed by atoms with van der Waals surface area (Å²) < 4.78 is 30.5. The van der Waals surface area contributed by atoms with Gasteiger partial charge in [-0.3, -0.25) is 0 Å². The van der Waals surface area contributed by atoms with E-state index in [0.717, 1.165) is 24.0 Å². The molecule has 0 fully saturated rings. The molecule has 0 saturated heterocycles. The van der Waals surface area contributed by atoms with Crippen molar-refractivity contribution in [3.8, 4) is 5.75 Å². The molecule has 0 N–H and O–H groups in total. The Bertz CT molecular complexity index is 825. The fraction of sp³-hybridized carbons (Fsp3) is 0.400. The van der Waals surface area contributed by atoms with Gasteiger partial charge in [0.15, 0.2) is 0 Å². The number of halogens is 2. The molecule has 2 rings (SSSR count). The average molecular weight is 432 g/mol. The summed E-state index contributed by atoms with van der Waals surface area (Å²) in [4.78, 5) is 2.11. The second kappa shape index (κ2) is 10.9. The Kier molecular flexibility index (Phi) is 9.60. The lowest BCUT2D eigenvalue weighted by molar-refractivity contribution is 0.304. The van der Waals surface area contributed by atoms with Crippen molar-refractivity contribution < 1.29 is 13.2 Å². The molecule has 2 aromatic rings.